The van der Waals surface area contributed by atoms with Crippen LogP contribution in [-0.4, -0.2) is 47.0 Å². The number of hydrogen-bond acceptors (Lipinski definition) is 4. The Hall–Kier alpha value is -2.43. The van der Waals surface area contributed by atoms with Gasteiger partial charge in [-0.15, -0.1) is 0 Å². The van der Waals surface area contributed by atoms with Gasteiger partial charge in [0.15, 0.2) is 0 Å². The van der Waals surface area contributed by atoms with Gasteiger partial charge in [0.1, 0.15) is 0 Å². The summed E-state index contributed by atoms with van der Waals surface area (Å²) in [5.74, 6) is 1.49. The molecule has 0 radical (unpaired) electrons. The summed E-state index contributed by atoms with van der Waals surface area (Å²) in [4.78, 5) is 26.0. The minimum absolute atomic E-state index is 0.0700. The molecule has 2 fully saturated rings. The number of hydrogen-bond donors (Lipinski definition) is 0. The summed E-state index contributed by atoms with van der Waals surface area (Å²) in [6, 6.07) is 10.7. The molecule has 3 heterocycles. The molecule has 5 nitrogen and oxygen atoms in total. The molecule has 2 aromatic rings. The number of nitrogens with zero attached hydrogens (tertiary/aromatic N) is 4. The number of carbonyl (C=O) groups excluding carboxylic acids is 1. The van der Waals surface area contributed by atoms with Crippen LogP contribution >= 0.6 is 0 Å². The molecule has 0 saturated carbocycles. The van der Waals surface area contributed by atoms with Crippen LogP contribution in [0.25, 0.3) is 0 Å². The number of aromatic nitrogens is 2. The lowest BCUT2D eigenvalue weighted by Crippen LogP contribution is -2.39. The summed E-state index contributed by atoms with van der Waals surface area (Å²) in [6.45, 7) is 3.68. The number of rotatable bonds is 4. The second-order valence-corrected chi connectivity index (χ2v) is 8.10. The molecule has 4 rings (SSSR count). The third kappa shape index (κ3) is 4.70. The summed E-state index contributed by atoms with van der Waals surface area (Å²) >= 11 is 0. The molecule has 0 unspecified atom stereocenters. The van der Waals surface area contributed by atoms with Crippen molar-refractivity contribution in [2.24, 2.45) is 5.92 Å². The van der Waals surface area contributed by atoms with E-state index in [4.69, 9.17) is 0 Å². The average Bonchev–Trinajstić information content (AvgIpc) is 3.04. The van der Waals surface area contributed by atoms with Crippen LogP contribution in [0.1, 0.15) is 54.4 Å². The van der Waals surface area contributed by atoms with Crippen LogP contribution < -0.4 is 4.90 Å². The first-order valence-electron chi connectivity index (χ1n) is 10.7. The van der Waals surface area contributed by atoms with E-state index in [-0.39, 0.29) is 5.91 Å². The fraction of sp³-hybridized carbons (Fsp3) is 0.522. The van der Waals surface area contributed by atoms with Gasteiger partial charge < -0.3 is 9.80 Å². The van der Waals surface area contributed by atoms with Crippen LogP contribution in [0.2, 0.25) is 0 Å². The van der Waals surface area contributed by atoms with E-state index in [1.807, 2.05) is 4.90 Å². The zero-order valence-corrected chi connectivity index (χ0v) is 16.6. The van der Waals surface area contributed by atoms with E-state index < -0.39 is 0 Å². The van der Waals surface area contributed by atoms with Crippen LogP contribution in [0.4, 0.5) is 5.95 Å². The number of anilines is 1. The topological polar surface area (TPSA) is 49.3 Å². The minimum Gasteiger partial charge on any atom is -0.341 e. The molecule has 2 aliphatic rings. The number of carbonyl (C=O) groups is 1. The van der Waals surface area contributed by atoms with E-state index in [1.165, 1.54) is 31.2 Å². The van der Waals surface area contributed by atoms with Gasteiger partial charge in [-0.05, 0) is 43.6 Å². The van der Waals surface area contributed by atoms with Crippen molar-refractivity contribution in [3.05, 3.63) is 53.9 Å². The van der Waals surface area contributed by atoms with Crippen LogP contribution in [-0.2, 0) is 6.42 Å². The lowest BCUT2D eigenvalue weighted by atomic mass is 9.90. The molecule has 0 atom stereocenters. The van der Waals surface area contributed by atoms with Crippen LogP contribution in [0.15, 0.2) is 42.7 Å². The molecule has 1 amide bonds. The zero-order chi connectivity index (χ0) is 19.2. The third-order valence-corrected chi connectivity index (χ3v) is 6.04. The van der Waals surface area contributed by atoms with Gasteiger partial charge in [-0.25, -0.2) is 9.97 Å². The molecule has 0 spiro atoms. The highest BCUT2D eigenvalue weighted by atomic mass is 16.2. The normalized spacial score (nSPS) is 18.7. The van der Waals surface area contributed by atoms with E-state index in [9.17, 15) is 4.79 Å². The highest BCUT2D eigenvalue weighted by Crippen LogP contribution is 2.23. The van der Waals surface area contributed by atoms with Crippen molar-refractivity contribution in [2.45, 2.75) is 44.9 Å². The van der Waals surface area contributed by atoms with Crippen LogP contribution in [0, 0.1) is 5.92 Å². The first kappa shape index (κ1) is 18.9. The summed E-state index contributed by atoms with van der Waals surface area (Å²) in [5, 5.41) is 0. The Bertz CT molecular complexity index is 746. The number of likely N-dealkylation sites (tertiary alicyclic amines) is 1. The second-order valence-electron chi connectivity index (χ2n) is 8.10. The van der Waals surface area contributed by atoms with Gasteiger partial charge in [0.2, 0.25) is 5.95 Å². The predicted octanol–water partition coefficient (Wildman–Crippen LogP) is 3.95. The Morgan fingerprint density at radius 3 is 2.18 bits per heavy atom. The summed E-state index contributed by atoms with van der Waals surface area (Å²) in [6.07, 6.45) is 11.6. The van der Waals surface area contributed by atoms with Crippen molar-refractivity contribution in [3.8, 4) is 0 Å². The van der Waals surface area contributed by atoms with Gasteiger partial charge in [0.25, 0.3) is 5.91 Å². The molecule has 1 aromatic carbocycles. The highest BCUT2D eigenvalue weighted by Gasteiger charge is 2.24. The molecule has 1 aromatic heterocycles. The maximum absolute atomic E-state index is 12.8. The Kier molecular flexibility index (Phi) is 6.20. The fourth-order valence-corrected chi connectivity index (χ4v) is 4.34. The van der Waals surface area contributed by atoms with Gasteiger partial charge in [0, 0.05) is 38.6 Å². The smallest absolute Gasteiger partial charge is 0.256 e. The summed E-state index contributed by atoms with van der Waals surface area (Å²) in [7, 11) is 0. The van der Waals surface area contributed by atoms with E-state index in [0.29, 0.717) is 11.5 Å². The van der Waals surface area contributed by atoms with E-state index in [1.54, 1.807) is 12.4 Å². The quantitative estimate of drug-likeness (QED) is 0.808. The van der Waals surface area contributed by atoms with Gasteiger partial charge in [0.05, 0.1) is 5.56 Å². The first-order chi connectivity index (χ1) is 13.8. The molecular weight excluding hydrogens is 348 g/mol. The van der Waals surface area contributed by atoms with Gasteiger partial charge in [-0.1, -0.05) is 43.2 Å². The van der Waals surface area contributed by atoms with Crippen LogP contribution in [0.5, 0.6) is 0 Å². The largest absolute Gasteiger partial charge is 0.341 e. The molecular formula is C23H30N4O. The first-order valence-corrected chi connectivity index (χ1v) is 10.7. The molecule has 0 bridgehead atoms. The Balaban J connectivity index is 1.31. The van der Waals surface area contributed by atoms with Crippen molar-refractivity contribution in [3.63, 3.8) is 0 Å². The minimum atomic E-state index is 0.0700. The molecule has 2 saturated heterocycles. The monoisotopic (exact) mass is 378 g/mol. The molecule has 28 heavy (non-hydrogen) atoms. The lowest BCUT2D eigenvalue weighted by Gasteiger charge is -2.32. The standard InChI is InChI=1S/C23H30N4O/c28-22(21-17-24-23(25-18-21)27-12-6-1-2-7-13-27)26-14-10-20(11-15-26)16-19-8-4-3-5-9-19/h3-5,8-9,17-18,20H,1-2,6-7,10-16H2. The zero-order valence-electron chi connectivity index (χ0n) is 16.6. The third-order valence-electron chi connectivity index (χ3n) is 6.04. The molecule has 148 valence electrons. The molecule has 0 N–H and O–H groups in total. The van der Waals surface area contributed by atoms with Crippen molar-refractivity contribution in [1.29, 1.82) is 0 Å². The van der Waals surface area contributed by atoms with E-state index in [0.717, 1.165) is 51.4 Å². The molecule has 5 heteroatoms. The predicted molar refractivity (Wildman–Crippen MR) is 111 cm³/mol. The van der Waals surface area contributed by atoms with Gasteiger partial charge >= 0.3 is 0 Å². The summed E-state index contributed by atoms with van der Waals surface area (Å²) in [5.41, 5.74) is 2.00. The summed E-state index contributed by atoms with van der Waals surface area (Å²) < 4.78 is 0. The van der Waals surface area contributed by atoms with Crippen molar-refractivity contribution >= 4 is 11.9 Å². The van der Waals surface area contributed by atoms with E-state index in [2.05, 4.69) is 45.2 Å². The van der Waals surface area contributed by atoms with Crippen molar-refractivity contribution in [1.82, 2.24) is 14.9 Å². The molecule has 0 aliphatic carbocycles. The maximum atomic E-state index is 12.8. The lowest BCUT2D eigenvalue weighted by molar-refractivity contribution is 0.0689. The number of benzene rings is 1. The van der Waals surface area contributed by atoms with Gasteiger partial charge in [-0.3, -0.25) is 4.79 Å². The Morgan fingerprint density at radius 2 is 1.54 bits per heavy atom. The maximum Gasteiger partial charge on any atom is 0.256 e. The molecule has 2 aliphatic heterocycles. The average molecular weight is 379 g/mol. The van der Waals surface area contributed by atoms with Crippen molar-refractivity contribution in [2.75, 3.05) is 31.1 Å². The highest BCUT2D eigenvalue weighted by molar-refractivity contribution is 5.93. The number of piperidine rings is 1. The van der Waals surface area contributed by atoms with Gasteiger partial charge in [-0.2, -0.15) is 0 Å². The fourth-order valence-electron chi connectivity index (χ4n) is 4.34. The number of amides is 1. The van der Waals surface area contributed by atoms with E-state index >= 15 is 0 Å². The van der Waals surface area contributed by atoms with Crippen LogP contribution in [0.3, 0.4) is 0 Å². The SMILES string of the molecule is O=C(c1cnc(N2CCCCCC2)nc1)N1CCC(Cc2ccccc2)CC1. The Labute approximate surface area is 167 Å². The van der Waals surface area contributed by atoms with Crippen molar-refractivity contribution < 1.29 is 4.79 Å². The Morgan fingerprint density at radius 1 is 0.893 bits per heavy atom. The second kappa shape index (κ2) is 9.18.